The van der Waals surface area contributed by atoms with Crippen molar-refractivity contribution in [2.75, 3.05) is 6.61 Å². The molecule has 2 aromatic rings. The zero-order chi connectivity index (χ0) is 16.8. The highest BCUT2D eigenvalue weighted by molar-refractivity contribution is 6.31. The Morgan fingerprint density at radius 1 is 1.26 bits per heavy atom. The van der Waals surface area contributed by atoms with E-state index in [0.29, 0.717) is 9.75 Å². The number of benzene rings is 1. The summed E-state index contributed by atoms with van der Waals surface area (Å²) in [5.74, 6) is -1.12. The number of carbonyl (C=O) groups excluding carboxylic acids is 2. The normalized spacial score (nSPS) is 11.6. The second kappa shape index (κ2) is 7.60. The van der Waals surface area contributed by atoms with Gasteiger partial charge in [0.25, 0.3) is 5.91 Å². The van der Waals surface area contributed by atoms with Crippen LogP contribution in [0.1, 0.15) is 28.9 Å². The molecule has 0 saturated carbocycles. The van der Waals surface area contributed by atoms with E-state index in [9.17, 15) is 14.8 Å². The van der Waals surface area contributed by atoms with E-state index in [2.05, 4.69) is 5.32 Å². The molecule has 0 aliphatic rings. The van der Waals surface area contributed by atoms with Crippen LogP contribution in [0, 0.1) is 5.21 Å². The third kappa shape index (κ3) is 4.69. The Hall–Kier alpha value is -2.60. The fourth-order valence-corrected chi connectivity index (χ4v) is 2.25. The molecule has 120 valence electrons. The fourth-order valence-electron chi connectivity index (χ4n) is 1.95. The molecule has 0 fully saturated rings. The molecule has 1 amide bonds. The van der Waals surface area contributed by atoms with Crippen LogP contribution in [0.15, 0.2) is 48.8 Å². The van der Waals surface area contributed by atoms with Gasteiger partial charge in [0, 0.05) is 17.2 Å². The number of carbonyl (C=O) groups is 2. The number of nitrogens with zero attached hydrogens (tertiary/aromatic N) is 1. The molecule has 0 aliphatic heterocycles. The van der Waals surface area contributed by atoms with Crippen molar-refractivity contribution < 1.29 is 19.1 Å². The summed E-state index contributed by atoms with van der Waals surface area (Å²) in [7, 11) is 0. The fraction of sp³-hybridized carbons (Fsp3) is 0.188. The lowest BCUT2D eigenvalue weighted by atomic mass is 10.1. The lowest BCUT2D eigenvalue weighted by Gasteiger charge is -2.15. The minimum absolute atomic E-state index is 0.198. The topological polar surface area (TPSA) is 82.3 Å². The first-order valence-electron chi connectivity index (χ1n) is 6.87. The van der Waals surface area contributed by atoms with Crippen LogP contribution < -0.4 is 10.0 Å². The van der Waals surface area contributed by atoms with Crippen LogP contribution in [0.2, 0.25) is 5.02 Å². The number of aromatic nitrogens is 1. The molecule has 7 heteroatoms. The van der Waals surface area contributed by atoms with Crippen LogP contribution in [-0.2, 0) is 9.53 Å². The molecular weight excluding hydrogens is 320 g/mol. The van der Waals surface area contributed by atoms with E-state index in [1.54, 1.807) is 25.1 Å². The summed E-state index contributed by atoms with van der Waals surface area (Å²) in [6, 6.07) is 9.48. The van der Waals surface area contributed by atoms with Gasteiger partial charge in [-0.15, -0.1) is 0 Å². The van der Waals surface area contributed by atoms with Gasteiger partial charge in [-0.3, -0.25) is 4.79 Å². The molecular formula is C16H15ClN2O4. The molecule has 23 heavy (non-hydrogen) atoms. The van der Waals surface area contributed by atoms with Crippen LogP contribution in [0.4, 0.5) is 0 Å². The quantitative estimate of drug-likeness (QED) is 0.515. The van der Waals surface area contributed by atoms with Crippen molar-refractivity contribution in [2.45, 2.75) is 13.0 Å². The Kier molecular flexibility index (Phi) is 5.54. The number of pyridine rings is 1. The van der Waals surface area contributed by atoms with Gasteiger partial charge in [0.05, 0.1) is 11.6 Å². The molecule has 0 unspecified atom stereocenters. The first kappa shape index (κ1) is 16.8. The maximum absolute atomic E-state index is 11.8. The van der Waals surface area contributed by atoms with Crippen molar-refractivity contribution in [2.24, 2.45) is 0 Å². The van der Waals surface area contributed by atoms with Gasteiger partial charge in [0.15, 0.2) is 19.0 Å². The van der Waals surface area contributed by atoms with Crippen molar-refractivity contribution in [3.8, 4) is 0 Å². The van der Waals surface area contributed by atoms with Gasteiger partial charge in [-0.05, 0) is 18.6 Å². The van der Waals surface area contributed by atoms with Gasteiger partial charge < -0.3 is 15.3 Å². The monoisotopic (exact) mass is 334 g/mol. The molecule has 6 nitrogen and oxygen atoms in total. The maximum Gasteiger partial charge on any atom is 0.339 e. The molecule has 0 spiro atoms. The zero-order valence-corrected chi connectivity index (χ0v) is 13.1. The Balaban J connectivity index is 1.86. The van der Waals surface area contributed by atoms with E-state index in [1.807, 2.05) is 6.07 Å². The van der Waals surface area contributed by atoms with Gasteiger partial charge >= 0.3 is 5.97 Å². The van der Waals surface area contributed by atoms with E-state index in [4.69, 9.17) is 16.3 Å². The number of nitrogens with one attached hydrogen (secondary N) is 1. The lowest BCUT2D eigenvalue weighted by Crippen LogP contribution is -2.31. The van der Waals surface area contributed by atoms with Gasteiger partial charge in [0.1, 0.15) is 0 Å². The van der Waals surface area contributed by atoms with Crippen LogP contribution in [-0.4, -0.2) is 18.5 Å². The Morgan fingerprint density at radius 3 is 2.57 bits per heavy atom. The summed E-state index contributed by atoms with van der Waals surface area (Å²) >= 11 is 6.06. The summed E-state index contributed by atoms with van der Waals surface area (Å²) in [5, 5.41) is 14.1. The molecule has 0 radical (unpaired) electrons. The van der Waals surface area contributed by atoms with E-state index in [0.717, 1.165) is 5.56 Å². The first-order chi connectivity index (χ1) is 11.0. The summed E-state index contributed by atoms with van der Waals surface area (Å²) in [4.78, 5) is 23.6. The highest BCUT2D eigenvalue weighted by atomic mass is 35.5. The summed E-state index contributed by atoms with van der Waals surface area (Å²) in [6.07, 6.45) is 2.35. The highest BCUT2D eigenvalue weighted by Crippen LogP contribution is 2.21. The van der Waals surface area contributed by atoms with Crippen molar-refractivity contribution in [3.63, 3.8) is 0 Å². The molecule has 1 aromatic heterocycles. The van der Waals surface area contributed by atoms with Crippen molar-refractivity contribution in [1.82, 2.24) is 5.32 Å². The number of ether oxygens (including phenoxy) is 1. The van der Waals surface area contributed by atoms with Crippen molar-refractivity contribution >= 4 is 23.5 Å². The smallest absolute Gasteiger partial charge is 0.339 e. The Labute approximate surface area is 138 Å². The first-order valence-corrected chi connectivity index (χ1v) is 7.25. The third-order valence-electron chi connectivity index (χ3n) is 3.12. The molecule has 1 heterocycles. The summed E-state index contributed by atoms with van der Waals surface area (Å²) < 4.78 is 5.45. The van der Waals surface area contributed by atoms with Crippen LogP contribution in [0.3, 0.4) is 0 Å². The van der Waals surface area contributed by atoms with Gasteiger partial charge in [-0.25, -0.2) is 4.79 Å². The number of rotatable bonds is 5. The lowest BCUT2D eigenvalue weighted by molar-refractivity contribution is -0.605. The second-order valence-corrected chi connectivity index (χ2v) is 5.24. The molecule has 0 aliphatic carbocycles. The summed E-state index contributed by atoms with van der Waals surface area (Å²) in [5.41, 5.74) is 0.973. The molecule has 1 N–H and O–H groups in total. The predicted molar refractivity (Wildman–Crippen MR) is 83.7 cm³/mol. The average Bonchev–Trinajstić information content (AvgIpc) is 2.53. The standard InChI is InChI=1S/C16H15ClN2O4/c1-11(13-4-2-3-5-14(13)17)18-15(20)10-23-16(21)12-6-8-19(22)9-7-12/h2-9,11H,10H2,1H3,(H,18,20)/t11-/m1/s1. The number of hydrogen-bond donors (Lipinski definition) is 1. The zero-order valence-electron chi connectivity index (χ0n) is 12.4. The van der Waals surface area contributed by atoms with E-state index < -0.39 is 18.5 Å². The minimum atomic E-state index is -0.675. The molecule has 1 aromatic carbocycles. The number of hydrogen-bond acceptors (Lipinski definition) is 4. The Morgan fingerprint density at radius 2 is 1.91 bits per heavy atom. The predicted octanol–water partition coefficient (Wildman–Crippen LogP) is 2.01. The summed E-state index contributed by atoms with van der Waals surface area (Å²) in [6.45, 7) is 1.37. The van der Waals surface area contributed by atoms with Crippen molar-refractivity contribution in [1.29, 1.82) is 0 Å². The van der Waals surface area contributed by atoms with Gasteiger partial charge in [0.2, 0.25) is 0 Å². The molecule has 0 bridgehead atoms. The number of amides is 1. The number of halogens is 1. The number of esters is 1. The van der Waals surface area contributed by atoms with Crippen LogP contribution in [0.5, 0.6) is 0 Å². The van der Waals surface area contributed by atoms with Gasteiger partial charge in [-0.2, -0.15) is 4.73 Å². The van der Waals surface area contributed by atoms with E-state index in [1.165, 1.54) is 24.5 Å². The molecule has 0 saturated heterocycles. The Bertz CT molecular complexity index is 703. The van der Waals surface area contributed by atoms with Crippen molar-refractivity contribution in [3.05, 3.63) is 70.1 Å². The third-order valence-corrected chi connectivity index (χ3v) is 3.47. The van der Waals surface area contributed by atoms with Crippen LogP contribution in [0.25, 0.3) is 0 Å². The average molecular weight is 335 g/mol. The molecule has 1 atom stereocenters. The SMILES string of the molecule is C[C@@H](NC(=O)COC(=O)c1cc[n+]([O-])cc1)c1ccccc1Cl. The highest BCUT2D eigenvalue weighted by Gasteiger charge is 2.15. The molecule has 2 rings (SSSR count). The van der Waals surface area contributed by atoms with E-state index >= 15 is 0 Å². The largest absolute Gasteiger partial charge is 0.619 e. The van der Waals surface area contributed by atoms with E-state index in [-0.39, 0.29) is 11.6 Å². The maximum atomic E-state index is 11.8. The van der Waals surface area contributed by atoms with Gasteiger partial charge in [-0.1, -0.05) is 29.8 Å². The minimum Gasteiger partial charge on any atom is -0.619 e. The second-order valence-electron chi connectivity index (χ2n) is 4.83. The van der Waals surface area contributed by atoms with Crippen LogP contribution >= 0.6 is 11.6 Å².